The van der Waals surface area contributed by atoms with E-state index in [0.717, 1.165) is 25.9 Å². The van der Waals surface area contributed by atoms with Crippen molar-refractivity contribution in [3.05, 3.63) is 0 Å². The van der Waals surface area contributed by atoms with E-state index in [4.69, 9.17) is 0 Å². The maximum Gasteiger partial charge on any atom is 0.222 e. The van der Waals surface area contributed by atoms with Gasteiger partial charge in [-0.3, -0.25) is 4.79 Å². The second kappa shape index (κ2) is 4.61. The second-order valence-corrected chi connectivity index (χ2v) is 4.17. The average Bonchev–Trinajstić information content (AvgIpc) is 2.34. The quantitative estimate of drug-likeness (QED) is 0.707. The summed E-state index contributed by atoms with van der Waals surface area (Å²) in [4.78, 5) is 13.3. The molecule has 0 saturated carbocycles. The van der Waals surface area contributed by atoms with Crippen LogP contribution >= 0.6 is 0 Å². The van der Waals surface area contributed by atoms with E-state index in [2.05, 4.69) is 26.1 Å². The van der Waals surface area contributed by atoms with Crippen molar-refractivity contribution >= 4 is 5.91 Å². The Balaban J connectivity index is 2.27. The third-order valence-corrected chi connectivity index (χ3v) is 2.28. The molecule has 1 aliphatic heterocycles. The normalized spacial score (nSPS) is 20.0. The number of carbonyl (C=O) groups is 1. The van der Waals surface area contributed by atoms with Gasteiger partial charge < -0.3 is 10.2 Å². The summed E-state index contributed by atoms with van der Waals surface area (Å²) in [7, 11) is 0. The van der Waals surface area contributed by atoms with E-state index >= 15 is 0 Å². The molecule has 0 radical (unpaired) electrons. The molecule has 1 atom stereocenters. The van der Waals surface area contributed by atoms with Gasteiger partial charge in [0.15, 0.2) is 0 Å². The largest absolute Gasteiger partial charge is 0.341 e. The van der Waals surface area contributed by atoms with E-state index in [1.165, 1.54) is 0 Å². The van der Waals surface area contributed by atoms with Gasteiger partial charge in [0.2, 0.25) is 5.91 Å². The van der Waals surface area contributed by atoms with Gasteiger partial charge in [-0.05, 0) is 13.3 Å². The molecule has 13 heavy (non-hydrogen) atoms. The summed E-state index contributed by atoms with van der Waals surface area (Å²) in [5.74, 6) is 0.317. The van der Waals surface area contributed by atoms with Crippen LogP contribution in [0.2, 0.25) is 0 Å². The van der Waals surface area contributed by atoms with Gasteiger partial charge in [-0.25, -0.2) is 0 Å². The van der Waals surface area contributed by atoms with E-state index in [0.29, 0.717) is 18.0 Å². The summed E-state index contributed by atoms with van der Waals surface area (Å²) in [5, 5.41) is 3.40. The molecule has 1 N–H and O–H groups in total. The van der Waals surface area contributed by atoms with Crippen molar-refractivity contribution in [1.29, 1.82) is 0 Å². The predicted molar refractivity (Wildman–Crippen MR) is 53.5 cm³/mol. The maximum atomic E-state index is 11.3. The van der Waals surface area contributed by atoms with E-state index in [1.54, 1.807) is 0 Å². The van der Waals surface area contributed by atoms with Crippen LogP contribution < -0.4 is 5.32 Å². The number of rotatable bonds is 4. The minimum Gasteiger partial charge on any atom is -0.341 e. The molecular formula is C10H20N2O. The molecule has 0 aromatic heterocycles. The molecule has 0 bridgehead atoms. The zero-order valence-corrected chi connectivity index (χ0v) is 8.84. The molecule has 0 spiro atoms. The van der Waals surface area contributed by atoms with Crippen molar-refractivity contribution in [2.24, 2.45) is 0 Å². The van der Waals surface area contributed by atoms with Crippen LogP contribution in [0.15, 0.2) is 0 Å². The standard InChI is InChI=1S/C10H20N2O/c1-8(2)11-9(3)7-12-6-4-5-10(12)13/h8-9,11H,4-7H2,1-3H3. The van der Waals surface area contributed by atoms with Crippen LogP contribution in [0.4, 0.5) is 0 Å². The molecular weight excluding hydrogens is 164 g/mol. The van der Waals surface area contributed by atoms with Crippen molar-refractivity contribution in [2.75, 3.05) is 13.1 Å². The highest BCUT2D eigenvalue weighted by molar-refractivity contribution is 5.78. The molecule has 0 aromatic carbocycles. The van der Waals surface area contributed by atoms with Crippen LogP contribution in [0.25, 0.3) is 0 Å². The van der Waals surface area contributed by atoms with Crippen LogP contribution in [0, 0.1) is 0 Å². The van der Waals surface area contributed by atoms with Crippen LogP contribution in [0.5, 0.6) is 0 Å². The predicted octanol–water partition coefficient (Wildman–Crippen LogP) is 0.995. The summed E-state index contributed by atoms with van der Waals surface area (Å²) in [6.07, 6.45) is 1.78. The average molecular weight is 184 g/mol. The molecule has 1 fully saturated rings. The first-order valence-corrected chi connectivity index (χ1v) is 5.13. The lowest BCUT2D eigenvalue weighted by atomic mass is 10.2. The molecule has 1 saturated heterocycles. The van der Waals surface area contributed by atoms with Gasteiger partial charge in [-0.1, -0.05) is 13.8 Å². The number of nitrogens with one attached hydrogen (secondary N) is 1. The Hall–Kier alpha value is -0.570. The summed E-state index contributed by atoms with van der Waals surface area (Å²) in [6.45, 7) is 8.19. The van der Waals surface area contributed by atoms with Crippen LogP contribution in [-0.4, -0.2) is 36.0 Å². The Labute approximate surface area is 80.5 Å². The number of hydrogen-bond acceptors (Lipinski definition) is 2. The summed E-state index contributed by atoms with van der Waals surface area (Å²) >= 11 is 0. The maximum absolute atomic E-state index is 11.3. The van der Waals surface area contributed by atoms with Gasteiger partial charge in [0, 0.05) is 31.6 Å². The second-order valence-electron chi connectivity index (χ2n) is 4.17. The minimum atomic E-state index is 0.317. The third kappa shape index (κ3) is 3.35. The molecule has 1 rings (SSSR count). The topological polar surface area (TPSA) is 32.3 Å². The van der Waals surface area contributed by atoms with Gasteiger partial charge in [-0.15, -0.1) is 0 Å². The first-order chi connectivity index (χ1) is 6.09. The molecule has 1 unspecified atom stereocenters. The van der Waals surface area contributed by atoms with E-state index in [-0.39, 0.29) is 0 Å². The minimum absolute atomic E-state index is 0.317. The van der Waals surface area contributed by atoms with Crippen molar-refractivity contribution < 1.29 is 4.79 Å². The number of nitrogens with zero attached hydrogens (tertiary/aromatic N) is 1. The van der Waals surface area contributed by atoms with E-state index < -0.39 is 0 Å². The van der Waals surface area contributed by atoms with Crippen LogP contribution in [0.1, 0.15) is 33.6 Å². The fraction of sp³-hybridized carbons (Fsp3) is 0.900. The van der Waals surface area contributed by atoms with Gasteiger partial charge in [0.25, 0.3) is 0 Å². The Bertz CT molecular complexity index is 180. The molecule has 76 valence electrons. The fourth-order valence-corrected chi connectivity index (χ4v) is 1.85. The number of amides is 1. The highest BCUT2D eigenvalue weighted by atomic mass is 16.2. The van der Waals surface area contributed by atoms with Gasteiger partial charge >= 0.3 is 0 Å². The number of likely N-dealkylation sites (tertiary alicyclic amines) is 1. The Kier molecular flexibility index (Phi) is 3.72. The summed E-state index contributed by atoms with van der Waals surface area (Å²) < 4.78 is 0. The lowest BCUT2D eigenvalue weighted by Gasteiger charge is -2.23. The molecule has 3 heteroatoms. The molecule has 1 aliphatic rings. The first kappa shape index (κ1) is 10.5. The van der Waals surface area contributed by atoms with Gasteiger partial charge in [0.1, 0.15) is 0 Å². The highest BCUT2D eigenvalue weighted by Gasteiger charge is 2.21. The zero-order chi connectivity index (χ0) is 9.84. The SMILES string of the molecule is CC(C)NC(C)CN1CCCC1=O. The Morgan fingerprint density at radius 2 is 2.15 bits per heavy atom. The van der Waals surface area contributed by atoms with Crippen LogP contribution in [-0.2, 0) is 4.79 Å². The lowest BCUT2D eigenvalue weighted by molar-refractivity contribution is -0.127. The first-order valence-electron chi connectivity index (χ1n) is 5.13. The van der Waals surface area contributed by atoms with E-state index in [9.17, 15) is 4.79 Å². The third-order valence-electron chi connectivity index (χ3n) is 2.28. The molecule has 0 aromatic rings. The number of hydrogen-bond donors (Lipinski definition) is 1. The van der Waals surface area contributed by atoms with Crippen molar-refractivity contribution in [3.8, 4) is 0 Å². The Morgan fingerprint density at radius 1 is 1.46 bits per heavy atom. The van der Waals surface area contributed by atoms with Crippen molar-refractivity contribution in [3.63, 3.8) is 0 Å². The van der Waals surface area contributed by atoms with Crippen molar-refractivity contribution in [1.82, 2.24) is 10.2 Å². The summed E-state index contributed by atoms with van der Waals surface area (Å²) in [6, 6.07) is 0.898. The zero-order valence-electron chi connectivity index (χ0n) is 8.84. The molecule has 3 nitrogen and oxygen atoms in total. The smallest absolute Gasteiger partial charge is 0.222 e. The fourth-order valence-electron chi connectivity index (χ4n) is 1.85. The highest BCUT2D eigenvalue weighted by Crippen LogP contribution is 2.09. The van der Waals surface area contributed by atoms with E-state index in [1.807, 2.05) is 4.90 Å². The van der Waals surface area contributed by atoms with Crippen molar-refractivity contribution in [2.45, 2.75) is 45.7 Å². The monoisotopic (exact) mass is 184 g/mol. The van der Waals surface area contributed by atoms with Gasteiger partial charge in [0.05, 0.1) is 0 Å². The lowest BCUT2D eigenvalue weighted by Crippen LogP contribution is -2.42. The summed E-state index contributed by atoms with van der Waals surface area (Å²) in [5.41, 5.74) is 0. The molecule has 1 amide bonds. The molecule has 1 heterocycles. The Morgan fingerprint density at radius 3 is 2.62 bits per heavy atom. The molecule has 0 aliphatic carbocycles. The van der Waals surface area contributed by atoms with Gasteiger partial charge in [-0.2, -0.15) is 0 Å². The van der Waals surface area contributed by atoms with Crippen LogP contribution in [0.3, 0.4) is 0 Å². The number of carbonyl (C=O) groups excluding carboxylic acids is 1.